The van der Waals surface area contributed by atoms with Crippen molar-refractivity contribution in [3.8, 4) is 0 Å². The molecule has 0 bridgehead atoms. The van der Waals surface area contributed by atoms with Crippen molar-refractivity contribution in [3.05, 3.63) is 134 Å². The van der Waals surface area contributed by atoms with Gasteiger partial charge < -0.3 is 14.2 Å². The van der Waals surface area contributed by atoms with Crippen LogP contribution in [-0.2, 0) is 28.6 Å². The van der Waals surface area contributed by atoms with Crippen LogP contribution in [0.2, 0.25) is 0 Å². The van der Waals surface area contributed by atoms with Crippen LogP contribution in [0.3, 0.4) is 0 Å². The maximum atomic E-state index is 13.0. The van der Waals surface area contributed by atoms with E-state index in [1.807, 2.05) is 0 Å². The molecule has 0 saturated carbocycles. The van der Waals surface area contributed by atoms with E-state index >= 15 is 0 Å². The zero-order valence-electron chi connectivity index (χ0n) is 52.8. The largest absolute Gasteiger partial charge is 0.462 e. The zero-order chi connectivity index (χ0) is 58.5. The smallest absolute Gasteiger partial charge is 0.306 e. The third kappa shape index (κ3) is 66.2. The van der Waals surface area contributed by atoms with Gasteiger partial charge >= 0.3 is 17.9 Å². The Kier molecular flexibility index (Phi) is 64.3. The minimum absolute atomic E-state index is 0.0912. The number of ether oxygens (including phenoxy) is 3. The Bertz CT molecular complexity index is 1720. The Morgan fingerprint density at radius 1 is 0.259 bits per heavy atom. The minimum atomic E-state index is -0.798. The lowest BCUT2D eigenvalue weighted by Gasteiger charge is -2.18. The van der Waals surface area contributed by atoms with Crippen LogP contribution in [0.5, 0.6) is 0 Å². The summed E-state index contributed by atoms with van der Waals surface area (Å²) >= 11 is 0. The Morgan fingerprint density at radius 3 is 0.765 bits per heavy atom. The first-order chi connectivity index (χ1) is 40.0. The van der Waals surface area contributed by atoms with Gasteiger partial charge in [0.1, 0.15) is 13.2 Å². The molecule has 0 aromatic rings. The number of hydrogen-bond donors (Lipinski definition) is 0. The van der Waals surface area contributed by atoms with Gasteiger partial charge in [-0.05, 0) is 135 Å². The quantitative estimate of drug-likeness (QED) is 0.0261. The second kappa shape index (κ2) is 68.1. The highest BCUT2D eigenvalue weighted by molar-refractivity contribution is 5.71. The van der Waals surface area contributed by atoms with Crippen molar-refractivity contribution in [2.24, 2.45) is 0 Å². The first-order valence-corrected chi connectivity index (χ1v) is 33.7. The molecule has 0 aliphatic heterocycles. The molecule has 81 heavy (non-hydrogen) atoms. The number of allylic oxidation sites excluding steroid dienone is 22. The molecule has 0 saturated heterocycles. The molecule has 1 unspecified atom stereocenters. The molecule has 0 aliphatic rings. The molecular formula is C75H124O6. The molecule has 0 radical (unpaired) electrons. The van der Waals surface area contributed by atoms with Crippen molar-refractivity contribution in [1.29, 1.82) is 0 Å². The highest BCUT2D eigenvalue weighted by Gasteiger charge is 2.19. The SMILES string of the molecule is CC/C=C\C/C=C\C/C=C\C/C=C\C/C=C\C/C=C\CCCCCCCCC(=O)OCC(COC(=O)CCCCCCCCC/C=C\CCCCCCCC)OC(=O)CCCCCCCCCC/C=C\C/C=C\C/C=C\C/C=C\CC. The molecule has 0 fully saturated rings. The van der Waals surface area contributed by atoms with E-state index in [2.05, 4.69) is 154 Å². The van der Waals surface area contributed by atoms with Gasteiger partial charge in [-0.25, -0.2) is 0 Å². The molecule has 0 rings (SSSR count). The zero-order valence-corrected chi connectivity index (χ0v) is 52.8. The Morgan fingerprint density at radius 2 is 0.481 bits per heavy atom. The number of rotatable bonds is 60. The molecule has 6 heteroatoms. The summed E-state index contributed by atoms with van der Waals surface area (Å²) in [6.07, 6.45) is 95.9. The van der Waals surface area contributed by atoms with Crippen molar-refractivity contribution in [2.75, 3.05) is 13.2 Å². The topological polar surface area (TPSA) is 78.9 Å². The maximum Gasteiger partial charge on any atom is 0.306 e. The van der Waals surface area contributed by atoms with Crippen LogP contribution in [0.25, 0.3) is 0 Å². The average molecular weight is 1120 g/mol. The first-order valence-electron chi connectivity index (χ1n) is 33.7. The lowest BCUT2D eigenvalue weighted by Crippen LogP contribution is -2.30. The third-order valence-corrected chi connectivity index (χ3v) is 14.1. The molecule has 0 N–H and O–H groups in total. The molecule has 460 valence electrons. The fraction of sp³-hybridized carbons (Fsp3) is 0.667. The lowest BCUT2D eigenvalue weighted by atomic mass is 10.1. The van der Waals surface area contributed by atoms with Crippen LogP contribution < -0.4 is 0 Å². The number of hydrogen-bond acceptors (Lipinski definition) is 6. The van der Waals surface area contributed by atoms with Gasteiger partial charge in [0, 0.05) is 19.3 Å². The van der Waals surface area contributed by atoms with Gasteiger partial charge in [-0.2, -0.15) is 0 Å². The van der Waals surface area contributed by atoms with Crippen LogP contribution in [0.1, 0.15) is 303 Å². The number of carbonyl (C=O) groups excluding carboxylic acids is 3. The molecule has 6 nitrogen and oxygen atoms in total. The van der Waals surface area contributed by atoms with E-state index in [9.17, 15) is 14.4 Å². The van der Waals surface area contributed by atoms with Crippen molar-refractivity contribution >= 4 is 17.9 Å². The second-order valence-electron chi connectivity index (χ2n) is 22.0. The third-order valence-electron chi connectivity index (χ3n) is 14.1. The molecule has 0 aromatic carbocycles. The fourth-order valence-electron chi connectivity index (χ4n) is 9.14. The Labute approximate surface area is 500 Å². The molecule has 0 aliphatic carbocycles. The molecule has 0 amide bonds. The summed E-state index contributed by atoms with van der Waals surface area (Å²) in [6.45, 7) is 6.41. The highest BCUT2D eigenvalue weighted by Crippen LogP contribution is 2.15. The maximum absolute atomic E-state index is 13.0. The number of carbonyl (C=O) groups is 3. The van der Waals surface area contributed by atoms with Gasteiger partial charge in [0.2, 0.25) is 0 Å². The van der Waals surface area contributed by atoms with Crippen molar-refractivity contribution in [1.82, 2.24) is 0 Å². The number of esters is 3. The average Bonchev–Trinajstić information content (AvgIpc) is 3.47. The molecule has 0 spiro atoms. The van der Waals surface area contributed by atoms with Crippen LogP contribution in [0, 0.1) is 0 Å². The molecule has 0 aromatic heterocycles. The summed E-state index contributed by atoms with van der Waals surface area (Å²) in [5, 5.41) is 0. The summed E-state index contributed by atoms with van der Waals surface area (Å²) in [7, 11) is 0. The molecule has 1 atom stereocenters. The monoisotopic (exact) mass is 1120 g/mol. The van der Waals surface area contributed by atoms with Gasteiger partial charge in [0.15, 0.2) is 6.10 Å². The van der Waals surface area contributed by atoms with E-state index in [-0.39, 0.29) is 31.1 Å². The van der Waals surface area contributed by atoms with Crippen LogP contribution in [0.4, 0.5) is 0 Å². The Hall–Kier alpha value is -4.45. The van der Waals surface area contributed by atoms with E-state index in [1.165, 1.54) is 122 Å². The van der Waals surface area contributed by atoms with Crippen LogP contribution in [0.15, 0.2) is 134 Å². The van der Waals surface area contributed by atoms with Gasteiger partial charge in [0.25, 0.3) is 0 Å². The van der Waals surface area contributed by atoms with Gasteiger partial charge in [-0.1, -0.05) is 283 Å². The highest BCUT2D eigenvalue weighted by atomic mass is 16.6. The summed E-state index contributed by atoms with van der Waals surface area (Å²) in [4.78, 5) is 38.4. The van der Waals surface area contributed by atoms with Crippen molar-refractivity contribution in [2.45, 2.75) is 309 Å². The predicted molar refractivity (Wildman–Crippen MR) is 353 cm³/mol. The van der Waals surface area contributed by atoms with Gasteiger partial charge in [-0.15, -0.1) is 0 Å². The minimum Gasteiger partial charge on any atom is -0.462 e. The molecule has 0 heterocycles. The summed E-state index contributed by atoms with van der Waals surface area (Å²) in [6, 6.07) is 0. The normalized spacial score (nSPS) is 13.0. The Balaban J connectivity index is 4.44. The van der Waals surface area contributed by atoms with Crippen LogP contribution >= 0.6 is 0 Å². The second-order valence-corrected chi connectivity index (χ2v) is 22.0. The first kappa shape index (κ1) is 76.5. The van der Waals surface area contributed by atoms with E-state index in [0.29, 0.717) is 19.3 Å². The van der Waals surface area contributed by atoms with Gasteiger partial charge in [0.05, 0.1) is 0 Å². The predicted octanol–water partition coefficient (Wildman–Crippen LogP) is 23.3. The van der Waals surface area contributed by atoms with Crippen molar-refractivity contribution < 1.29 is 28.6 Å². The van der Waals surface area contributed by atoms with Crippen LogP contribution in [-0.4, -0.2) is 37.2 Å². The van der Waals surface area contributed by atoms with E-state index < -0.39 is 6.10 Å². The van der Waals surface area contributed by atoms with E-state index in [0.717, 1.165) is 141 Å². The van der Waals surface area contributed by atoms with E-state index in [1.54, 1.807) is 0 Å². The molecular weight excluding hydrogens is 997 g/mol. The van der Waals surface area contributed by atoms with Crippen molar-refractivity contribution in [3.63, 3.8) is 0 Å². The summed E-state index contributed by atoms with van der Waals surface area (Å²) in [5.74, 6) is -0.912. The number of unbranched alkanes of at least 4 members (excludes halogenated alkanes) is 27. The lowest BCUT2D eigenvalue weighted by molar-refractivity contribution is -0.167. The fourth-order valence-corrected chi connectivity index (χ4v) is 9.14. The van der Waals surface area contributed by atoms with Gasteiger partial charge in [-0.3, -0.25) is 14.4 Å². The summed E-state index contributed by atoms with van der Waals surface area (Å²) in [5.41, 5.74) is 0. The standard InChI is InChI=1S/C75H124O6/c1-4-7-10-13-16-19-22-25-28-31-33-35-36-37-38-40-41-44-47-50-53-56-59-62-65-68-74(77)80-71-72(70-79-73(76)67-64-61-58-55-52-49-46-43-30-27-24-21-18-15-12-9-6-3)81-75(78)69-66-63-60-57-54-51-48-45-42-39-34-32-29-26-23-20-17-14-11-8-5-2/h7-8,10-11,16-17,19-20,25-30,33-35,37-39,41,44,72H,4-6,9,12-15,18,21-24,31-32,36,40,42-43,45-71H2,1-3H3/b10-7-,11-8-,19-16-,20-17-,28-25-,29-26-,30-27-,35-33-,38-37-,39-34-,44-41-. The summed E-state index contributed by atoms with van der Waals surface area (Å²) < 4.78 is 17.0. The van der Waals surface area contributed by atoms with E-state index in [4.69, 9.17) is 14.2 Å².